The standard InChI is InChI=1S/C24H26BrFN2O4/c1-24(2,3)32-23(29)28-13-18(26)15-31-22-19-11-17(25)12-27-20(19)9-10-21(22)30-14-16-7-5-4-6-8-16/h4-12,18H,13-15H2,1-3H3,(H,28,29)/t18-/m0/s1. The zero-order valence-corrected chi connectivity index (χ0v) is 19.8. The molecule has 0 aliphatic carbocycles. The minimum atomic E-state index is -1.44. The third kappa shape index (κ3) is 7.09. The summed E-state index contributed by atoms with van der Waals surface area (Å²) in [6, 6.07) is 15.1. The van der Waals surface area contributed by atoms with Gasteiger partial charge in [-0.25, -0.2) is 9.18 Å². The molecule has 1 atom stereocenters. The molecular weight excluding hydrogens is 479 g/mol. The summed E-state index contributed by atoms with van der Waals surface area (Å²) in [6.07, 6.45) is -0.440. The number of alkyl halides is 1. The van der Waals surface area contributed by atoms with Crippen LogP contribution in [-0.2, 0) is 11.3 Å². The highest BCUT2D eigenvalue weighted by Gasteiger charge is 2.19. The topological polar surface area (TPSA) is 69.7 Å². The van der Waals surface area contributed by atoms with Crippen molar-refractivity contribution in [3.63, 3.8) is 0 Å². The number of pyridine rings is 1. The van der Waals surface area contributed by atoms with E-state index in [1.165, 1.54) is 0 Å². The first-order chi connectivity index (χ1) is 15.2. The molecule has 0 unspecified atom stereocenters. The number of benzene rings is 2. The average molecular weight is 505 g/mol. The number of carbonyl (C=O) groups is 1. The van der Waals surface area contributed by atoms with E-state index in [4.69, 9.17) is 14.2 Å². The predicted molar refractivity (Wildman–Crippen MR) is 125 cm³/mol. The molecule has 3 rings (SSSR count). The quantitative estimate of drug-likeness (QED) is 0.418. The molecule has 8 heteroatoms. The molecule has 170 valence electrons. The van der Waals surface area contributed by atoms with Crippen molar-refractivity contribution in [2.45, 2.75) is 39.2 Å². The van der Waals surface area contributed by atoms with E-state index in [-0.39, 0.29) is 13.2 Å². The van der Waals surface area contributed by atoms with E-state index < -0.39 is 17.9 Å². The van der Waals surface area contributed by atoms with E-state index in [0.29, 0.717) is 29.0 Å². The lowest BCUT2D eigenvalue weighted by molar-refractivity contribution is 0.0505. The van der Waals surface area contributed by atoms with Crippen molar-refractivity contribution in [3.05, 3.63) is 64.8 Å². The van der Waals surface area contributed by atoms with Crippen molar-refractivity contribution >= 4 is 32.9 Å². The van der Waals surface area contributed by atoms with Gasteiger partial charge in [-0.15, -0.1) is 0 Å². The Morgan fingerprint density at radius 3 is 2.62 bits per heavy atom. The molecule has 1 heterocycles. The number of ether oxygens (including phenoxy) is 3. The van der Waals surface area contributed by atoms with E-state index in [9.17, 15) is 9.18 Å². The summed E-state index contributed by atoms with van der Waals surface area (Å²) in [4.78, 5) is 16.1. The molecule has 1 N–H and O–H groups in total. The van der Waals surface area contributed by atoms with Gasteiger partial charge in [-0.1, -0.05) is 30.3 Å². The van der Waals surface area contributed by atoms with Crippen molar-refractivity contribution in [2.24, 2.45) is 0 Å². The lowest BCUT2D eigenvalue weighted by Gasteiger charge is -2.20. The highest BCUT2D eigenvalue weighted by atomic mass is 79.9. The number of hydrogen-bond donors (Lipinski definition) is 1. The summed E-state index contributed by atoms with van der Waals surface area (Å²) in [5.41, 5.74) is 1.04. The Balaban J connectivity index is 1.71. The van der Waals surface area contributed by atoms with Crippen LogP contribution in [0.3, 0.4) is 0 Å². The van der Waals surface area contributed by atoms with Crippen LogP contribution < -0.4 is 14.8 Å². The molecule has 0 aliphatic heterocycles. The van der Waals surface area contributed by atoms with E-state index >= 15 is 0 Å². The van der Waals surface area contributed by atoms with Crippen LogP contribution in [0.4, 0.5) is 9.18 Å². The monoisotopic (exact) mass is 504 g/mol. The zero-order chi connectivity index (χ0) is 23.1. The molecule has 1 amide bonds. The van der Waals surface area contributed by atoms with Crippen LogP contribution in [0.2, 0.25) is 0 Å². The lowest BCUT2D eigenvalue weighted by atomic mass is 10.2. The molecule has 0 spiro atoms. The smallest absolute Gasteiger partial charge is 0.407 e. The van der Waals surface area contributed by atoms with Gasteiger partial charge < -0.3 is 19.5 Å². The van der Waals surface area contributed by atoms with Crippen molar-refractivity contribution in [2.75, 3.05) is 13.2 Å². The van der Waals surface area contributed by atoms with E-state index in [1.54, 1.807) is 33.0 Å². The van der Waals surface area contributed by atoms with Crippen molar-refractivity contribution in [3.8, 4) is 11.5 Å². The van der Waals surface area contributed by atoms with Gasteiger partial charge in [0.2, 0.25) is 0 Å². The molecular formula is C24H26BrFN2O4. The maximum absolute atomic E-state index is 14.5. The van der Waals surface area contributed by atoms with Crippen molar-refractivity contribution in [1.29, 1.82) is 0 Å². The van der Waals surface area contributed by atoms with Gasteiger partial charge in [-0.05, 0) is 60.5 Å². The predicted octanol–water partition coefficient (Wildman–Crippen LogP) is 5.82. The summed E-state index contributed by atoms with van der Waals surface area (Å²) in [5.74, 6) is 0.876. The second-order valence-corrected chi connectivity index (χ2v) is 9.09. The van der Waals surface area contributed by atoms with E-state index in [2.05, 4.69) is 26.2 Å². The Hall–Kier alpha value is -2.87. The summed E-state index contributed by atoms with van der Waals surface area (Å²) in [6.45, 7) is 5.05. The van der Waals surface area contributed by atoms with Crippen LogP contribution in [0.1, 0.15) is 26.3 Å². The number of carbonyl (C=O) groups excluding carboxylic acids is 1. The average Bonchev–Trinajstić information content (AvgIpc) is 2.74. The molecule has 0 fully saturated rings. The van der Waals surface area contributed by atoms with Crippen molar-refractivity contribution in [1.82, 2.24) is 10.3 Å². The Bertz CT molecular complexity index is 1060. The van der Waals surface area contributed by atoms with Gasteiger partial charge in [-0.3, -0.25) is 4.98 Å². The normalized spacial score (nSPS) is 12.3. The first-order valence-electron chi connectivity index (χ1n) is 10.2. The summed E-state index contributed by atoms with van der Waals surface area (Å²) in [5, 5.41) is 3.11. The number of nitrogens with one attached hydrogen (secondary N) is 1. The fourth-order valence-electron chi connectivity index (χ4n) is 2.87. The Morgan fingerprint density at radius 2 is 1.91 bits per heavy atom. The molecule has 0 saturated carbocycles. The fraction of sp³-hybridized carbons (Fsp3) is 0.333. The van der Waals surface area contributed by atoms with Crippen LogP contribution >= 0.6 is 15.9 Å². The van der Waals surface area contributed by atoms with Gasteiger partial charge in [0.1, 0.15) is 18.8 Å². The third-order valence-electron chi connectivity index (χ3n) is 4.26. The second kappa shape index (κ2) is 10.6. The number of rotatable bonds is 8. The lowest BCUT2D eigenvalue weighted by Crippen LogP contribution is -2.37. The first kappa shape index (κ1) is 23.8. The van der Waals surface area contributed by atoms with Gasteiger partial charge in [-0.2, -0.15) is 0 Å². The minimum Gasteiger partial charge on any atom is -0.486 e. The van der Waals surface area contributed by atoms with Gasteiger partial charge in [0, 0.05) is 16.1 Å². The molecule has 6 nitrogen and oxygen atoms in total. The Kier molecular flexibility index (Phi) is 7.90. The maximum atomic E-state index is 14.5. The summed E-state index contributed by atoms with van der Waals surface area (Å²) in [7, 11) is 0. The largest absolute Gasteiger partial charge is 0.486 e. The number of aromatic nitrogens is 1. The Morgan fingerprint density at radius 1 is 1.16 bits per heavy atom. The highest BCUT2D eigenvalue weighted by Crippen LogP contribution is 2.37. The number of nitrogens with zero attached hydrogens (tertiary/aromatic N) is 1. The first-order valence-corrected chi connectivity index (χ1v) is 11.0. The van der Waals surface area contributed by atoms with Gasteiger partial charge in [0.05, 0.1) is 12.1 Å². The zero-order valence-electron chi connectivity index (χ0n) is 18.2. The van der Waals surface area contributed by atoms with Gasteiger partial charge in [0.15, 0.2) is 17.7 Å². The molecule has 0 aliphatic rings. The van der Waals surface area contributed by atoms with Crippen LogP contribution in [0.25, 0.3) is 10.9 Å². The third-order valence-corrected chi connectivity index (χ3v) is 4.69. The van der Waals surface area contributed by atoms with E-state index in [0.717, 1.165) is 10.0 Å². The molecule has 0 bridgehead atoms. The SMILES string of the molecule is CC(C)(C)OC(=O)NC[C@H](F)COc1c(OCc2ccccc2)ccc2ncc(Br)cc12. The minimum absolute atomic E-state index is 0.234. The summed E-state index contributed by atoms with van der Waals surface area (Å²) < 4.78 is 32.2. The van der Waals surface area contributed by atoms with Crippen LogP contribution in [0.5, 0.6) is 11.5 Å². The maximum Gasteiger partial charge on any atom is 0.407 e. The summed E-state index contributed by atoms with van der Waals surface area (Å²) >= 11 is 3.42. The Labute approximate surface area is 195 Å². The number of alkyl carbamates (subject to hydrolysis) is 1. The van der Waals surface area contributed by atoms with Gasteiger partial charge in [0.25, 0.3) is 0 Å². The van der Waals surface area contributed by atoms with Crippen LogP contribution in [-0.4, -0.2) is 36.0 Å². The second-order valence-electron chi connectivity index (χ2n) is 8.18. The van der Waals surface area contributed by atoms with Gasteiger partial charge >= 0.3 is 6.09 Å². The fourth-order valence-corrected chi connectivity index (χ4v) is 3.20. The number of amides is 1. The number of halogens is 2. The molecule has 32 heavy (non-hydrogen) atoms. The molecule has 0 saturated heterocycles. The van der Waals surface area contributed by atoms with E-state index in [1.807, 2.05) is 42.5 Å². The van der Waals surface area contributed by atoms with Crippen LogP contribution in [0, 0.1) is 0 Å². The highest BCUT2D eigenvalue weighted by molar-refractivity contribution is 9.10. The van der Waals surface area contributed by atoms with Crippen molar-refractivity contribution < 1.29 is 23.4 Å². The molecule has 3 aromatic rings. The van der Waals surface area contributed by atoms with Crippen LogP contribution in [0.15, 0.2) is 59.2 Å². The molecule has 1 aromatic heterocycles. The number of fused-ring (bicyclic) bond motifs is 1. The molecule has 0 radical (unpaired) electrons. The number of hydrogen-bond acceptors (Lipinski definition) is 5. The molecule has 2 aromatic carbocycles.